The minimum absolute atomic E-state index is 0.00648. The smallest absolute Gasteiger partial charge is 0.329 e. The number of rotatable bonds is 0. The van der Waals surface area contributed by atoms with Gasteiger partial charge in [0, 0.05) is 25.4 Å². The van der Waals surface area contributed by atoms with Crippen LogP contribution in [0, 0.1) is 11.3 Å². The molecule has 3 heterocycles. The van der Waals surface area contributed by atoms with Gasteiger partial charge in [-0.2, -0.15) is 0 Å². The number of aromatic nitrogens is 1. The first kappa shape index (κ1) is 30.0. The number of carbonyl (C=O) groups is 4. The summed E-state index contributed by atoms with van der Waals surface area (Å²) in [5.41, 5.74) is 0.304. The predicted molar refractivity (Wildman–Crippen MR) is 143 cm³/mol. The maximum Gasteiger partial charge on any atom is 0.329 e. The van der Waals surface area contributed by atoms with Crippen molar-refractivity contribution in [1.82, 2.24) is 15.2 Å². The number of cyclic esters (lactones) is 1. The van der Waals surface area contributed by atoms with Gasteiger partial charge in [-0.1, -0.05) is 57.6 Å². The number of fused-ring (bicyclic) bond motifs is 3. The molecule has 0 aliphatic carbocycles. The molecule has 39 heavy (non-hydrogen) atoms. The van der Waals surface area contributed by atoms with E-state index in [9.17, 15) is 24.3 Å². The highest BCUT2D eigenvalue weighted by Gasteiger charge is 2.40. The Labute approximate surface area is 229 Å². The van der Waals surface area contributed by atoms with E-state index in [1.165, 1.54) is 17.2 Å². The molecule has 0 unspecified atom stereocenters. The third-order valence-corrected chi connectivity index (χ3v) is 6.70. The first-order chi connectivity index (χ1) is 18.3. The van der Waals surface area contributed by atoms with Crippen molar-refractivity contribution in [3.63, 3.8) is 0 Å². The number of ketones is 1. The molecule has 3 rings (SSSR count). The third kappa shape index (κ3) is 8.48. The van der Waals surface area contributed by atoms with Crippen molar-refractivity contribution in [2.24, 2.45) is 11.3 Å². The predicted octanol–water partition coefficient (Wildman–Crippen LogP) is 2.92. The van der Waals surface area contributed by atoms with Crippen LogP contribution in [-0.4, -0.2) is 69.9 Å². The van der Waals surface area contributed by atoms with Crippen LogP contribution in [0.4, 0.5) is 0 Å². The average molecular weight is 542 g/mol. The fraction of sp³-hybridized carbons (Fsp3) is 0.552. The van der Waals surface area contributed by atoms with Gasteiger partial charge < -0.3 is 24.5 Å². The Hall–Kier alpha value is -3.53. The molecule has 2 aliphatic heterocycles. The van der Waals surface area contributed by atoms with E-state index in [4.69, 9.17) is 9.15 Å². The molecule has 4 atom stereocenters. The van der Waals surface area contributed by atoms with Crippen LogP contribution in [0.3, 0.4) is 0 Å². The summed E-state index contributed by atoms with van der Waals surface area (Å²) in [6.45, 7) is 10.2. The minimum atomic E-state index is -1.01. The molecule has 10 nitrogen and oxygen atoms in total. The molecule has 2 bridgehead atoms. The molecule has 212 valence electrons. The molecule has 1 saturated heterocycles. The minimum Gasteiger partial charge on any atom is -0.460 e. The SMILES string of the molecule is CC1=C[C@@H](O)CC(=O)Cc2nc(co2)C(=O)N2CCC[C@@H]2C(=O)O[C@H](C(C)(C)C)[C@H](C)/C=C/C(=O)NCC=C1. The molecule has 0 radical (unpaired) electrons. The van der Waals surface area contributed by atoms with Gasteiger partial charge in [0.1, 0.15) is 24.2 Å². The fourth-order valence-corrected chi connectivity index (χ4v) is 4.86. The molecule has 0 saturated carbocycles. The Balaban J connectivity index is 1.88. The average Bonchev–Trinajstić information content (AvgIpc) is 3.51. The van der Waals surface area contributed by atoms with Crippen LogP contribution in [0.5, 0.6) is 0 Å². The monoisotopic (exact) mass is 541 g/mol. The second-order valence-corrected chi connectivity index (χ2v) is 11.3. The van der Waals surface area contributed by atoms with Crippen molar-refractivity contribution in [1.29, 1.82) is 0 Å². The molecule has 1 aromatic heterocycles. The Morgan fingerprint density at radius 3 is 2.62 bits per heavy atom. The summed E-state index contributed by atoms with van der Waals surface area (Å²) in [6.07, 6.45) is 8.56. The van der Waals surface area contributed by atoms with E-state index < -0.39 is 35.5 Å². The number of hydrogen-bond acceptors (Lipinski definition) is 8. The molecule has 0 spiro atoms. The Morgan fingerprint density at radius 1 is 1.15 bits per heavy atom. The molecule has 2 amide bonds. The van der Waals surface area contributed by atoms with Gasteiger partial charge in [-0.05, 0) is 31.3 Å². The number of carbonyl (C=O) groups excluding carboxylic acids is 4. The van der Waals surface area contributed by atoms with Crippen LogP contribution >= 0.6 is 0 Å². The van der Waals surface area contributed by atoms with Gasteiger partial charge in [0.15, 0.2) is 5.69 Å². The zero-order chi connectivity index (χ0) is 28.7. The van der Waals surface area contributed by atoms with Gasteiger partial charge in [0.2, 0.25) is 11.8 Å². The molecule has 0 aromatic carbocycles. The maximum atomic E-state index is 13.3. The summed E-state index contributed by atoms with van der Waals surface area (Å²) in [7, 11) is 0. The number of oxazole rings is 1. The number of hydrogen-bond donors (Lipinski definition) is 2. The first-order valence-corrected chi connectivity index (χ1v) is 13.3. The standard InChI is InChI=1S/C29H39N3O7/c1-18-8-6-12-30-24(35)11-10-19(2)26(29(3,4)5)39-28(37)23-9-7-13-32(23)27(36)22-17-38-25(31-22)16-21(34)15-20(33)14-18/h6,8,10-11,14,17,19-20,23,26,33H,7,9,12-13,15-16H2,1-5H3,(H,30,35)/b8-6?,11-10+,18-14?/t19-,20-,23-,26+/m1/s1. The molecular weight excluding hydrogens is 502 g/mol. The number of Topliss-reactive ketones (excluding diaryl/α,β-unsaturated/α-hetero) is 1. The van der Waals surface area contributed by atoms with Crippen LogP contribution in [0.1, 0.15) is 70.3 Å². The molecular formula is C29H39N3O7. The van der Waals surface area contributed by atoms with Crippen LogP contribution < -0.4 is 5.32 Å². The van der Waals surface area contributed by atoms with Crippen LogP contribution in [0.15, 0.2) is 46.6 Å². The highest BCUT2D eigenvalue weighted by Crippen LogP contribution is 2.31. The van der Waals surface area contributed by atoms with Crippen molar-refractivity contribution in [2.45, 2.75) is 78.6 Å². The molecule has 2 aliphatic rings. The van der Waals surface area contributed by atoms with Gasteiger partial charge in [-0.25, -0.2) is 9.78 Å². The Morgan fingerprint density at radius 2 is 1.90 bits per heavy atom. The zero-order valence-corrected chi connectivity index (χ0v) is 23.3. The topological polar surface area (TPSA) is 139 Å². The number of allylic oxidation sites excluding steroid dienone is 2. The lowest BCUT2D eigenvalue weighted by Crippen LogP contribution is -2.45. The summed E-state index contributed by atoms with van der Waals surface area (Å²) in [5, 5.41) is 13.0. The number of ether oxygens (including phenoxy) is 1. The summed E-state index contributed by atoms with van der Waals surface area (Å²) < 4.78 is 11.3. The van der Waals surface area contributed by atoms with Crippen molar-refractivity contribution < 1.29 is 33.4 Å². The number of aliphatic hydroxyl groups is 1. The molecule has 1 fully saturated rings. The fourth-order valence-electron chi connectivity index (χ4n) is 4.86. The second kappa shape index (κ2) is 13.0. The second-order valence-electron chi connectivity index (χ2n) is 11.3. The summed E-state index contributed by atoms with van der Waals surface area (Å²) >= 11 is 0. The Kier molecular flexibility index (Phi) is 10.0. The van der Waals surface area contributed by atoms with Crippen LogP contribution in [0.25, 0.3) is 0 Å². The van der Waals surface area contributed by atoms with Gasteiger partial charge in [0.25, 0.3) is 5.91 Å². The van der Waals surface area contributed by atoms with Gasteiger partial charge >= 0.3 is 5.97 Å². The van der Waals surface area contributed by atoms with E-state index in [0.29, 0.717) is 19.4 Å². The Bertz CT molecular complexity index is 1160. The molecule has 2 N–H and O–H groups in total. The highest BCUT2D eigenvalue weighted by atomic mass is 16.5. The zero-order valence-electron chi connectivity index (χ0n) is 23.3. The third-order valence-electron chi connectivity index (χ3n) is 6.70. The van der Waals surface area contributed by atoms with E-state index >= 15 is 0 Å². The van der Waals surface area contributed by atoms with Crippen LogP contribution in [0.2, 0.25) is 0 Å². The summed E-state index contributed by atoms with van der Waals surface area (Å²) in [4.78, 5) is 56.9. The van der Waals surface area contributed by atoms with Gasteiger partial charge in [0.05, 0.1) is 12.5 Å². The van der Waals surface area contributed by atoms with Crippen molar-refractivity contribution >= 4 is 23.6 Å². The largest absolute Gasteiger partial charge is 0.460 e. The van der Waals surface area contributed by atoms with E-state index in [1.54, 1.807) is 31.2 Å². The number of nitrogens with one attached hydrogen (secondary N) is 1. The summed E-state index contributed by atoms with van der Waals surface area (Å²) in [5.74, 6) is -1.79. The highest BCUT2D eigenvalue weighted by molar-refractivity contribution is 5.95. The quantitative estimate of drug-likeness (QED) is 0.478. The lowest BCUT2D eigenvalue weighted by Gasteiger charge is -2.35. The number of aliphatic hydroxyl groups excluding tert-OH is 1. The van der Waals surface area contributed by atoms with E-state index in [-0.39, 0.29) is 48.6 Å². The number of esters is 1. The van der Waals surface area contributed by atoms with Gasteiger partial charge in [-0.15, -0.1) is 0 Å². The van der Waals surface area contributed by atoms with E-state index in [2.05, 4.69) is 10.3 Å². The normalized spacial score (nSPS) is 27.4. The molecule has 10 heteroatoms. The van der Waals surface area contributed by atoms with Crippen molar-refractivity contribution in [3.05, 3.63) is 53.8 Å². The first-order valence-electron chi connectivity index (χ1n) is 13.3. The number of amides is 2. The summed E-state index contributed by atoms with van der Waals surface area (Å²) in [6, 6.07) is -0.776. The van der Waals surface area contributed by atoms with E-state index in [0.717, 1.165) is 5.57 Å². The lowest BCUT2D eigenvalue weighted by molar-refractivity contribution is -0.162. The molecule has 1 aromatic rings. The van der Waals surface area contributed by atoms with Gasteiger partial charge in [-0.3, -0.25) is 14.4 Å². The van der Waals surface area contributed by atoms with Crippen molar-refractivity contribution in [2.75, 3.05) is 13.1 Å². The number of nitrogens with zero attached hydrogens (tertiary/aromatic N) is 2. The lowest BCUT2D eigenvalue weighted by atomic mass is 9.81. The van der Waals surface area contributed by atoms with E-state index in [1.807, 2.05) is 27.7 Å². The van der Waals surface area contributed by atoms with Crippen LogP contribution in [-0.2, 0) is 25.5 Å². The maximum absolute atomic E-state index is 13.3. The van der Waals surface area contributed by atoms with Crippen molar-refractivity contribution in [3.8, 4) is 0 Å².